The summed E-state index contributed by atoms with van der Waals surface area (Å²) in [6.07, 6.45) is 1.15. The largest absolute Gasteiger partial charge is 0.444 e. The Morgan fingerprint density at radius 1 is 1.27 bits per heavy atom. The van der Waals surface area contributed by atoms with E-state index in [1.54, 1.807) is 20.8 Å². The van der Waals surface area contributed by atoms with E-state index in [4.69, 9.17) is 4.74 Å². The molecule has 6 nitrogen and oxygen atoms in total. The maximum absolute atomic E-state index is 13.7. The minimum absolute atomic E-state index is 0.0774. The van der Waals surface area contributed by atoms with Crippen LogP contribution in [0.5, 0.6) is 0 Å². The molecule has 1 aliphatic heterocycles. The van der Waals surface area contributed by atoms with Gasteiger partial charge in [0.25, 0.3) is 5.91 Å². The van der Waals surface area contributed by atoms with Crippen LogP contribution in [0.15, 0.2) is 18.2 Å². The summed E-state index contributed by atoms with van der Waals surface area (Å²) in [5, 5.41) is 5.58. The van der Waals surface area contributed by atoms with Gasteiger partial charge < -0.3 is 20.3 Å². The first-order valence-electron chi connectivity index (χ1n) is 8.89. The Bertz CT molecular complexity index is 650. The third kappa shape index (κ3) is 6.29. The molecule has 0 aromatic heterocycles. The lowest BCUT2D eigenvalue weighted by molar-refractivity contribution is 0.0522. The molecule has 1 aliphatic rings. The number of likely N-dealkylation sites (tertiary alicyclic amines) is 1. The molecule has 2 N–H and O–H groups in total. The van der Waals surface area contributed by atoms with E-state index in [-0.39, 0.29) is 24.1 Å². The van der Waals surface area contributed by atoms with Crippen LogP contribution in [0.3, 0.4) is 0 Å². The van der Waals surface area contributed by atoms with Crippen LogP contribution in [0.4, 0.5) is 9.18 Å². The lowest BCUT2D eigenvalue weighted by Gasteiger charge is -2.29. The molecule has 0 bridgehead atoms. The summed E-state index contributed by atoms with van der Waals surface area (Å²) in [6.45, 7) is 7.23. The molecule has 144 valence electrons. The summed E-state index contributed by atoms with van der Waals surface area (Å²) < 4.78 is 18.8. The highest BCUT2D eigenvalue weighted by molar-refractivity contribution is 5.96. The Morgan fingerprint density at radius 2 is 1.92 bits per heavy atom. The number of piperidine rings is 1. The Balaban J connectivity index is 2.02. The summed E-state index contributed by atoms with van der Waals surface area (Å²) in [5.41, 5.74) is 0.170. The van der Waals surface area contributed by atoms with Crippen molar-refractivity contribution in [2.24, 2.45) is 0 Å². The number of alkyl carbamates (subject to hydrolysis) is 1. The average Bonchev–Trinajstić information content (AvgIpc) is 2.54. The Labute approximate surface area is 154 Å². The number of ether oxygens (including phenoxy) is 1. The first-order chi connectivity index (χ1) is 12.1. The number of nitrogens with one attached hydrogen (secondary N) is 2. The highest BCUT2D eigenvalue weighted by Crippen LogP contribution is 2.15. The molecule has 2 rings (SSSR count). The summed E-state index contributed by atoms with van der Waals surface area (Å²) in [5.74, 6) is -0.806. The zero-order chi connectivity index (χ0) is 19.3. The Morgan fingerprint density at radius 3 is 2.54 bits per heavy atom. The molecular weight excluding hydrogens is 337 g/mol. The number of nitrogens with zero attached hydrogens (tertiary/aromatic N) is 1. The van der Waals surface area contributed by atoms with Crippen molar-refractivity contribution in [2.75, 3.05) is 20.1 Å². The Kier molecular flexibility index (Phi) is 6.58. The van der Waals surface area contributed by atoms with Crippen LogP contribution in [-0.2, 0) is 11.3 Å². The van der Waals surface area contributed by atoms with Gasteiger partial charge in [0, 0.05) is 18.2 Å². The standard InChI is InChI=1S/C19H28FN3O3/c1-19(2,3)26-18(25)21-12-13-5-6-14(20)11-16(13)17(24)22-15-7-9-23(4)10-8-15/h5-6,11,15H,7-10,12H2,1-4H3,(H,21,25)(H,22,24). The maximum Gasteiger partial charge on any atom is 0.407 e. The minimum Gasteiger partial charge on any atom is -0.444 e. The molecule has 0 aliphatic carbocycles. The van der Waals surface area contributed by atoms with Gasteiger partial charge in [0.15, 0.2) is 0 Å². The topological polar surface area (TPSA) is 70.7 Å². The second-order valence-electron chi connectivity index (χ2n) is 7.71. The fourth-order valence-electron chi connectivity index (χ4n) is 2.81. The van der Waals surface area contributed by atoms with E-state index in [0.29, 0.717) is 5.56 Å². The van der Waals surface area contributed by atoms with E-state index in [1.165, 1.54) is 18.2 Å². The monoisotopic (exact) mass is 365 g/mol. The number of carbonyl (C=O) groups excluding carboxylic acids is 2. The van der Waals surface area contributed by atoms with Crippen molar-refractivity contribution in [3.8, 4) is 0 Å². The van der Waals surface area contributed by atoms with Crippen LogP contribution in [0.25, 0.3) is 0 Å². The van der Waals surface area contributed by atoms with Gasteiger partial charge in [-0.3, -0.25) is 4.79 Å². The quantitative estimate of drug-likeness (QED) is 0.861. The molecule has 1 fully saturated rings. The van der Waals surface area contributed by atoms with Crippen molar-refractivity contribution in [2.45, 2.75) is 51.8 Å². The molecule has 0 unspecified atom stereocenters. The molecule has 1 heterocycles. The molecule has 0 atom stereocenters. The number of hydrogen-bond acceptors (Lipinski definition) is 4. The number of amides is 2. The van der Waals surface area contributed by atoms with Crippen molar-refractivity contribution in [3.05, 3.63) is 35.1 Å². The summed E-state index contributed by atoms with van der Waals surface area (Å²) in [4.78, 5) is 26.6. The smallest absolute Gasteiger partial charge is 0.407 e. The fraction of sp³-hybridized carbons (Fsp3) is 0.579. The van der Waals surface area contributed by atoms with Gasteiger partial charge in [-0.05, 0) is 71.4 Å². The van der Waals surface area contributed by atoms with E-state index in [9.17, 15) is 14.0 Å². The van der Waals surface area contributed by atoms with Gasteiger partial charge in [-0.1, -0.05) is 6.07 Å². The molecule has 0 saturated carbocycles. The van der Waals surface area contributed by atoms with E-state index >= 15 is 0 Å². The molecule has 1 aromatic carbocycles. The predicted octanol–water partition coefficient (Wildman–Crippen LogP) is 2.67. The summed E-state index contributed by atoms with van der Waals surface area (Å²) in [6, 6.07) is 4.07. The molecule has 7 heteroatoms. The van der Waals surface area contributed by atoms with Crippen molar-refractivity contribution in [3.63, 3.8) is 0 Å². The number of rotatable bonds is 4. The highest BCUT2D eigenvalue weighted by Gasteiger charge is 2.21. The molecule has 26 heavy (non-hydrogen) atoms. The number of carbonyl (C=O) groups is 2. The number of hydrogen-bond donors (Lipinski definition) is 2. The van der Waals surface area contributed by atoms with Crippen molar-refractivity contribution in [1.82, 2.24) is 15.5 Å². The maximum atomic E-state index is 13.7. The fourth-order valence-corrected chi connectivity index (χ4v) is 2.81. The van der Waals surface area contributed by atoms with Crippen molar-refractivity contribution in [1.29, 1.82) is 0 Å². The average molecular weight is 365 g/mol. The van der Waals surface area contributed by atoms with E-state index < -0.39 is 17.5 Å². The van der Waals surface area contributed by atoms with Crippen LogP contribution in [-0.4, -0.2) is 48.7 Å². The Hall–Kier alpha value is -2.15. The molecule has 2 amide bonds. The molecule has 0 spiro atoms. The summed E-state index contributed by atoms with van der Waals surface area (Å²) in [7, 11) is 2.05. The first-order valence-corrected chi connectivity index (χ1v) is 8.89. The van der Waals surface area contributed by atoms with Crippen LogP contribution in [0.2, 0.25) is 0 Å². The van der Waals surface area contributed by atoms with Gasteiger partial charge in [-0.2, -0.15) is 0 Å². The van der Waals surface area contributed by atoms with Crippen LogP contribution in [0.1, 0.15) is 49.5 Å². The first kappa shape index (κ1) is 20.2. The molecular formula is C19H28FN3O3. The lowest BCUT2D eigenvalue weighted by atomic mass is 10.0. The van der Waals surface area contributed by atoms with Gasteiger partial charge in [0.1, 0.15) is 11.4 Å². The molecule has 0 radical (unpaired) electrons. The van der Waals surface area contributed by atoms with Crippen LogP contribution < -0.4 is 10.6 Å². The summed E-state index contributed by atoms with van der Waals surface area (Å²) >= 11 is 0. The van der Waals surface area contributed by atoms with E-state index in [2.05, 4.69) is 15.5 Å². The van der Waals surface area contributed by atoms with Gasteiger partial charge in [-0.25, -0.2) is 9.18 Å². The van der Waals surface area contributed by atoms with E-state index in [1.807, 2.05) is 7.05 Å². The number of benzene rings is 1. The SMILES string of the molecule is CN1CCC(NC(=O)c2cc(F)ccc2CNC(=O)OC(C)(C)C)CC1. The van der Waals surface area contributed by atoms with Crippen molar-refractivity contribution < 1.29 is 18.7 Å². The van der Waals surface area contributed by atoms with Crippen molar-refractivity contribution >= 4 is 12.0 Å². The minimum atomic E-state index is -0.610. The van der Waals surface area contributed by atoms with Gasteiger partial charge in [0.2, 0.25) is 0 Å². The normalized spacial score (nSPS) is 16.2. The second-order valence-corrected chi connectivity index (χ2v) is 7.71. The zero-order valence-corrected chi connectivity index (χ0v) is 15.9. The van der Waals surface area contributed by atoms with Crippen LogP contribution >= 0.6 is 0 Å². The van der Waals surface area contributed by atoms with Gasteiger partial charge >= 0.3 is 6.09 Å². The van der Waals surface area contributed by atoms with Crippen LogP contribution in [0, 0.1) is 5.82 Å². The lowest BCUT2D eigenvalue weighted by Crippen LogP contribution is -2.43. The second kappa shape index (κ2) is 8.49. The molecule has 1 saturated heterocycles. The zero-order valence-electron chi connectivity index (χ0n) is 15.9. The van der Waals surface area contributed by atoms with Gasteiger partial charge in [-0.15, -0.1) is 0 Å². The highest BCUT2D eigenvalue weighted by atomic mass is 19.1. The predicted molar refractivity (Wildman–Crippen MR) is 97.5 cm³/mol. The third-order valence-electron chi connectivity index (χ3n) is 4.19. The van der Waals surface area contributed by atoms with Gasteiger partial charge in [0.05, 0.1) is 0 Å². The molecule has 1 aromatic rings. The number of halogens is 1. The third-order valence-corrected chi connectivity index (χ3v) is 4.19. The van der Waals surface area contributed by atoms with E-state index in [0.717, 1.165) is 25.9 Å².